The highest BCUT2D eigenvalue weighted by Crippen LogP contribution is 2.00. The van der Waals surface area contributed by atoms with Gasteiger partial charge in [0.1, 0.15) is 5.71 Å². The monoisotopic (exact) mass is 137 g/mol. The first-order valence-electron chi connectivity index (χ1n) is 2.85. The largest absolute Gasteiger partial charge is 0.463 e. The number of furan rings is 1. The number of rotatable bonds is 2. The number of hydrogen-bond acceptors (Lipinski definition) is 3. The van der Waals surface area contributed by atoms with Crippen LogP contribution in [0, 0.1) is 5.41 Å². The molecule has 0 unspecified atom stereocenters. The van der Waals surface area contributed by atoms with E-state index >= 15 is 0 Å². The van der Waals surface area contributed by atoms with Crippen LogP contribution in [0.15, 0.2) is 22.8 Å². The first-order chi connectivity index (χ1) is 4.72. The molecule has 0 radical (unpaired) electrons. The second-order valence-electron chi connectivity index (χ2n) is 1.91. The lowest BCUT2D eigenvalue weighted by Gasteiger charge is -1.90. The van der Waals surface area contributed by atoms with E-state index in [4.69, 9.17) is 9.83 Å². The van der Waals surface area contributed by atoms with Crippen LogP contribution in [0.1, 0.15) is 12.7 Å². The topological polar surface area (TPSA) is 54.1 Å². The van der Waals surface area contributed by atoms with Crippen molar-refractivity contribution in [3.63, 3.8) is 0 Å². The third-order valence-electron chi connectivity index (χ3n) is 1.12. The first kappa shape index (κ1) is 6.74. The predicted molar refractivity (Wildman–Crippen MR) is 36.2 cm³/mol. The van der Waals surface area contributed by atoms with Gasteiger partial charge in [0.15, 0.2) is 11.5 Å². The zero-order valence-corrected chi connectivity index (χ0v) is 5.55. The van der Waals surface area contributed by atoms with Crippen molar-refractivity contribution in [1.29, 1.82) is 5.41 Å². The fourth-order valence-electron chi connectivity index (χ4n) is 0.594. The van der Waals surface area contributed by atoms with Gasteiger partial charge >= 0.3 is 0 Å². The normalized spacial score (nSPS) is 9.30. The van der Waals surface area contributed by atoms with Crippen molar-refractivity contribution in [2.45, 2.75) is 6.92 Å². The second kappa shape index (κ2) is 2.47. The van der Waals surface area contributed by atoms with Crippen LogP contribution in [0.2, 0.25) is 0 Å². The summed E-state index contributed by atoms with van der Waals surface area (Å²) in [5.74, 6) is 0.0439. The average Bonchev–Trinajstić information content (AvgIpc) is 2.36. The second-order valence-corrected chi connectivity index (χ2v) is 1.91. The highest BCUT2D eigenvalue weighted by atomic mass is 16.3. The quantitative estimate of drug-likeness (QED) is 0.623. The molecule has 0 bridgehead atoms. The molecule has 0 aromatic carbocycles. The molecule has 0 saturated heterocycles. The summed E-state index contributed by atoms with van der Waals surface area (Å²) < 4.78 is 4.81. The Labute approximate surface area is 58.2 Å². The molecular formula is C7H7NO2. The van der Waals surface area contributed by atoms with Crippen LogP contribution >= 0.6 is 0 Å². The molecule has 1 rings (SSSR count). The van der Waals surface area contributed by atoms with Crippen molar-refractivity contribution in [3.8, 4) is 0 Å². The Hall–Kier alpha value is -1.38. The van der Waals surface area contributed by atoms with Crippen LogP contribution < -0.4 is 0 Å². The summed E-state index contributed by atoms with van der Waals surface area (Å²) in [5.41, 5.74) is -0.0787. The van der Waals surface area contributed by atoms with Crippen LogP contribution in [-0.2, 0) is 4.79 Å². The first-order valence-corrected chi connectivity index (χ1v) is 2.85. The standard InChI is InChI=1S/C7H7NO2/c1-5(9)7(8)6-3-2-4-10-6/h2-4,8H,1H3. The van der Waals surface area contributed by atoms with Crippen LogP contribution in [-0.4, -0.2) is 11.5 Å². The number of Topliss-reactive ketones (excluding diaryl/α,β-unsaturated/α-hetero) is 1. The summed E-state index contributed by atoms with van der Waals surface area (Å²) >= 11 is 0. The van der Waals surface area contributed by atoms with Crippen molar-refractivity contribution in [3.05, 3.63) is 24.2 Å². The van der Waals surface area contributed by atoms with E-state index in [0.717, 1.165) is 0 Å². The summed E-state index contributed by atoms with van der Waals surface area (Å²) in [5, 5.41) is 7.16. The van der Waals surface area contributed by atoms with Crippen LogP contribution in [0.5, 0.6) is 0 Å². The van der Waals surface area contributed by atoms with Crippen molar-refractivity contribution < 1.29 is 9.21 Å². The molecule has 1 aromatic rings. The SMILES string of the molecule is CC(=O)C(=N)c1ccco1. The molecule has 0 amide bonds. The van der Waals surface area contributed by atoms with Crippen LogP contribution in [0.25, 0.3) is 0 Å². The molecule has 52 valence electrons. The maximum absolute atomic E-state index is 10.6. The molecule has 10 heavy (non-hydrogen) atoms. The minimum Gasteiger partial charge on any atom is -0.463 e. The van der Waals surface area contributed by atoms with E-state index < -0.39 is 0 Å². The highest BCUT2D eigenvalue weighted by Gasteiger charge is 2.07. The summed E-state index contributed by atoms with van der Waals surface area (Å²) in [7, 11) is 0. The lowest BCUT2D eigenvalue weighted by Crippen LogP contribution is -2.07. The molecule has 0 aliphatic heterocycles. The van der Waals surface area contributed by atoms with Gasteiger partial charge in [-0.3, -0.25) is 10.2 Å². The van der Waals surface area contributed by atoms with Gasteiger partial charge in [0.25, 0.3) is 0 Å². The number of ketones is 1. The fraction of sp³-hybridized carbons (Fsp3) is 0.143. The molecule has 3 heteroatoms. The number of nitrogens with one attached hydrogen (secondary N) is 1. The molecule has 0 atom stereocenters. The molecule has 1 N–H and O–H groups in total. The van der Waals surface area contributed by atoms with Crippen LogP contribution in [0.4, 0.5) is 0 Å². The fourth-order valence-corrected chi connectivity index (χ4v) is 0.594. The number of carbonyl (C=O) groups is 1. The zero-order valence-electron chi connectivity index (χ0n) is 5.55. The van der Waals surface area contributed by atoms with Gasteiger partial charge in [0.05, 0.1) is 6.26 Å². The summed E-state index contributed by atoms with van der Waals surface area (Å²) in [6.45, 7) is 1.34. The van der Waals surface area contributed by atoms with E-state index in [-0.39, 0.29) is 11.5 Å². The Morgan fingerprint density at radius 2 is 2.40 bits per heavy atom. The van der Waals surface area contributed by atoms with E-state index in [9.17, 15) is 4.79 Å². The van der Waals surface area contributed by atoms with E-state index in [1.165, 1.54) is 13.2 Å². The Kier molecular flexibility index (Phi) is 1.67. The van der Waals surface area contributed by atoms with Crippen molar-refractivity contribution in [2.75, 3.05) is 0 Å². The minimum atomic E-state index is -0.282. The average molecular weight is 137 g/mol. The van der Waals surface area contributed by atoms with Gasteiger partial charge in [0.2, 0.25) is 0 Å². The Bertz CT molecular complexity index is 249. The molecule has 0 fully saturated rings. The number of hydrogen-bond donors (Lipinski definition) is 1. The molecule has 0 aliphatic rings. The summed E-state index contributed by atoms with van der Waals surface area (Å²) in [6, 6.07) is 3.23. The van der Waals surface area contributed by atoms with Gasteiger partial charge in [-0.05, 0) is 12.1 Å². The van der Waals surface area contributed by atoms with Gasteiger partial charge in [-0.15, -0.1) is 0 Å². The smallest absolute Gasteiger partial charge is 0.181 e. The Morgan fingerprint density at radius 1 is 1.70 bits per heavy atom. The summed E-state index contributed by atoms with van der Waals surface area (Å²) in [6.07, 6.45) is 1.44. The van der Waals surface area contributed by atoms with E-state index in [2.05, 4.69) is 0 Å². The predicted octanol–water partition coefficient (Wildman–Crippen LogP) is 1.24. The van der Waals surface area contributed by atoms with Crippen molar-refractivity contribution >= 4 is 11.5 Å². The molecule has 0 saturated carbocycles. The van der Waals surface area contributed by atoms with E-state index in [1.807, 2.05) is 0 Å². The highest BCUT2D eigenvalue weighted by molar-refractivity contribution is 6.43. The molecule has 1 aromatic heterocycles. The lowest BCUT2D eigenvalue weighted by atomic mass is 10.2. The number of carbonyl (C=O) groups excluding carboxylic acids is 1. The molecule has 0 spiro atoms. The zero-order chi connectivity index (χ0) is 7.56. The third kappa shape index (κ3) is 1.13. The summed E-state index contributed by atoms with van der Waals surface area (Å²) in [4.78, 5) is 10.6. The van der Waals surface area contributed by atoms with E-state index in [1.54, 1.807) is 12.1 Å². The third-order valence-corrected chi connectivity index (χ3v) is 1.12. The molecule has 1 heterocycles. The minimum absolute atomic E-state index is 0.0787. The van der Waals surface area contributed by atoms with Crippen LogP contribution in [0.3, 0.4) is 0 Å². The van der Waals surface area contributed by atoms with Crippen molar-refractivity contribution in [2.24, 2.45) is 0 Å². The molecule has 0 aliphatic carbocycles. The maximum Gasteiger partial charge on any atom is 0.181 e. The molecule has 3 nitrogen and oxygen atoms in total. The van der Waals surface area contributed by atoms with Crippen molar-refractivity contribution in [1.82, 2.24) is 0 Å². The van der Waals surface area contributed by atoms with Gasteiger partial charge in [-0.2, -0.15) is 0 Å². The van der Waals surface area contributed by atoms with Gasteiger partial charge in [0, 0.05) is 6.92 Å². The molecular weight excluding hydrogens is 130 g/mol. The maximum atomic E-state index is 10.6. The van der Waals surface area contributed by atoms with Gasteiger partial charge < -0.3 is 4.42 Å². The lowest BCUT2D eigenvalue weighted by molar-refractivity contribution is -0.111. The van der Waals surface area contributed by atoms with Gasteiger partial charge in [-0.1, -0.05) is 0 Å². The Balaban J connectivity index is 2.88. The Morgan fingerprint density at radius 3 is 2.80 bits per heavy atom. The van der Waals surface area contributed by atoms with E-state index in [0.29, 0.717) is 5.76 Å². The van der Waals surface area contributed by atoms with Gasteiger partial charge in [-0.25, -0.2) is 0 Å².